The summed E-state index contributed by atoms with van der Waals surface area (Å²) in [6, 6.07) is 8.79. The molecular weight excluding hydrogens is 276 g/mol. The Bertz CT molecular complexity index is 588. The first kappa shape index (κ1) is 14.1. The van der Waals surface area contributed by atoms with Crippen LogP contribution in [0.3, 0.4) is 0 Å². The molecule has 3 aliphatic rings. The Morgan fingerprint density at radius 2 is 2.27 bits per heavy atom. The number of urea groups is 1. The third-order valence-corrected chi connectivity index (χ3v) is 5.97. The molecule has 1 saturated carbocycles. The van der Waals surface area contributed by atoms with E-state index in [0.717, 1.165) is 25.9 Å². The fraction of sp³-hybridized carbons (Fsp3) is 0.611. The second-order valence-electron chi connectivity index (χ2n) is 7.07. The molecule has 1 aromatic rings. The average molecular weight is 300 g/mol. The first-order chi connectivity index (χ1) is 10.7. The van der Waals surface area contributed by atoms with Crippen molar-refractivity contribution in [2.75, 3.05) is 19.7 Å². The molecule has 4 nitrogen and oxygen atoms in total. The monoisotopic (exact) mass is 300 g/mol. The number of nitrogens with one attached hydrogen (secondary N) is 1. The van der Waals surface area contributed by atoms with Crippen molar-refractivity contribution in [3.8, 4) is 0 Å². The largest absolute Gasteiger partial charge is 0.394 e. The van der Waals surface area contributed by atoms with Gasteiger partial charge < -0.3 is 15.3 Å². The minimum atomic E-state index is 0.00452. The van der Waals surface area contributed by atoms with E-state index in [0.29, 0.717) is 11.3 Å². The first-order valence-electron chi connectivity index (χ1n) is 8.48. The van der Waals surface area contributed by atoms with E-state index in [1.54, 1.807) is 4.90 Å². The van der Waals surface area contributed by atoms with E-state index < -0.39 is 0 Å². The van der Waals surface area contributed by atoms with Crippen molar-refractivity contribution < 1.29 is 9.90 Å². The van der Waals surface area contributed by atoms with Crippen molar-refractivity contribution in [3.05, 3.63) is 35.4 Å². The maximum absolute atomic E-state index is 12.3. The molecule has 3 atom stereocenters. The first-order valence-corrected chi connectivity index (χ1v) is 8.48. The SMILES string of the molecule is O=C(NC[C@@H]1C[C@@]12CCc1ccccc12)N1CCC[C@@H]1CO. The number of hydrogen-bond acceptors (Lipinski definition) is 2. The van der Waals surface area contributed by atoms with Gasteiger partial charge in [-0.15, -0.1) is 0 Å². The lowest BCUT2D eigenvalue weighted by molar-refractivity contribution is 0.157. The molecule has 0 aromatic heterocycles. The van der Waals surface area contributed by atoms with Gasteiger partial charge >= 0.3 is 6.03 Å². The van der Waals surface area contributed by atoms with Crippen molar-refractivity contribution in [2.45, 2.75) is 43.6 Å². The topological polar surface area (TPSA) is 52.6 Å². The van der Waals surface area contributed by atoms with E-state index in [1.807, 2.05) is 0 Å². The number of aryl methyl sites for hydroxylation is 1. The molecule has 1 saturated heterocycles. The molecule has 1 spiro atoms. The van der Waals surface area contributed by atoms with Gasteiger partial charge in [0.15, 0.2) is 0 Å². The van der Waals surface area contributed by atoms with Crippen LogP contribution in [0.4, 0.5) is 4.79 Å². The lowest BCUT2D eigenvalue weighted by Gasteiger charge is -2.23. The van der Waals surface area contributed by atoms with Crippen molar-refractivity contribution in [1.29, 1.82) is 0 Å². The Morgan fingerprint density at radius 3 is 3.14 bits per heavy atom. The molecule has 1 aliphatic heterocycles. The Balaban J connectivity index is 1.36. The zero-order valence-corrected chi connectivity index (χ0v) is 12.9. The van der Waals surface area contributed by atoms with Gasteiger partial charge in [-0.1, -0.05) is 24.3 Å². The maximum Gasteiger partial charge on any atom is 0.317 e. The molecular formula is C18H24N2O2. The highest BCUT2D eigenvalue weighted by molar-refractivity contribution is 5.75. The zero-order valence-electron chi connectivity index (χ0n) is 12.9. The summed E-state index contributed by atoms with van der Waals surface area (Å²) in [5, 5.41) is 12.4. The lowest BCUT2D eigenvalue weighted by Crippen LogP contribution is -2.45. The summed E-state index contributed by atoms with van der Waals surface area (Å²) in [6.07, 6.45) is 5.53. The van der Waals surface area contributed by atoms with Gasteiger partial charge in [-0.2, -0.15) is 0 Å². The predicted molar refractivity (Wildman–Crippen MR) is 84.8 cm³/mol. The number of aliphatic hydroxyl groups excluding tert-OH is 1. The molecule has 0 radical (unpaired) electrons. The molecule has 2 aliphatic carbocycles. The number of nitrogens with zero attached hydrogens (tertiary/aromatic N) is 1. The molecule has 22 heavy (non-hydrogen) atoms. The van der Waals surface area contributed by atoms with Gasteiger partial charge in [0.1, 0.15) is 0 Å². The van der Waals surface area contributed by atoms with E-state index >= 15 is 0 Å². The summed E-state index contributed by atoms with van der Waals surface area (Å²) < 4.78 is 0. The Hall–Kier alpha value is -1.55. The molecule has 4 heteroatoms. The highest BCUT2D eigenvalue weighted by Gasteiger charge is 2.57. The van der Waals surface area contributed by atoms with Crippen molar-refractivity contribution >= 4 is 6.03 Å². The number of benzene rings is 1. The van der Waals surface area contributed by atoms with Gasteiger partial charge in [-0.25, -0.2) is 4.79 Å². The Kier molecular flexibility index (Phi) is 3.37. The molecule has 1 heterocycles. The number of fused-ring (bicyclic) bond motifs is 2. The number of likely N-dealkylation sites (tertiary alicyclic amines) is 1. The predicted octanol–water partition coefficient (Wildman–Crippen LogP) is 2.06. The van der Waals surface area contributed by atoms with Crippen molar-refractivity contribution in [3.63, 3.8) is 0 Å². The summed E-state index contributed by atoms with van der Waals surface area (Å²) >= 11 is 0. The smallest absolute Gasteiger partial charge is 0.317 e. The fourth-order valence-electron chi connectivity index (χ4n) is 4.61. The molecule has 0 bridgehead atoms. The highest BCUT2D eigenvalue weighted by Crippen LogP contribution is 2.61. The van der Waals surface area contributed by atoms with Crippen LogP contribution in [0.1, 0.15) is 36.8 Å². The third-order valence-electron chi connectivity index (χ3n) is 5.97. The molecule has 118 valence electrons. The second kappa shape index (κ2) is 5.27. The van der Waals surface area contributed by atoms with Crippen LogP contribution in [-0.4, -0.2) is 41.8 Å². The summed E-state index contributed by atoms with van der Waals surface area (Å²) in [4.78, 5) is 14.1. The maximum atomic E-state index is 12.3. The number of hydrogen-bond donors (Lipinski definition) is 2. The van der Waals surface area contributed by atoms with Crippen molar-refractivity contribution in [2.24, 2.45) is 5.92 Å². The lowest BCUT2D eigenvalue weighted by atomic mass is 9.95. The van der Waals surface area contributed by atoms with Gasteiger partial charge in [0, 0.05) is 18.5 Å². The number of carbonyl (C=O) groups is 1. The third kappa shape index (κ3) is 2.12. The molecule has 2 amide bonds. The van der Waals surface area contributed by atoms with Gasteiger partial charge in [-0.3, -0.25) is 0 Å². The van der Waals surface area contributed by atoms with E-state index in [4.69, 9.17) is 0 Å². The van der Waals surface area contributed by atoms with Crippen LogP contribution in [0, 0.1) is 5.92 Å². The number of rotatable bonds is 3. The molecule has 2 N–H and O–H groups in total. The van der Waals surface area contributed by atoms with Crippen LogP contribution in [0.15, 0.2) is 24.3 Å². The summed E-state index contributed by atoms with van der Waals surface area (Å²) in [5.41, 5.74) is 3.35. The van der Waals surface area contributed by atoms with E-state index in [-0.39, 0.29) is 18.7 Å². The van der Waals surface area contributed by atoms with Gasteiger partial charge in [-0.05, 0) is 49.1 Å². The molecule has 2 fully saturated rings. The summed E-state index contributed by atoms with van der Waals surface area (Å²) in [5.74, 6) is 0.579. The van der Waals surface area contributed by atoms with E-state index in [2.05, 4.69) is 29.6 Å². The fourth-order valence-corrected chi connectivity index (χ4v) is 4.61. The van der Waals surface area contributed by atoms with Crippen LogP contribution in [0.5, 0.6) is 0 Å². The zero-order chi connectivity index (χ0) is 15.2. The molecule has 1 aromatic carbocycles. The normalized spacial score (nSPS) is 32.3. The number of carbonyl (C=O) groups excluding carboxylic acids is 1. The van der Waals surface area contributed by atoms with Gasteiger partial charge in [0.05, 0.1) is 12.6 Å². The quantitative estimate of drug-likeness (QED) is 0.898. The van der Waals surface area contributed by atoms with E-state index in [1.165, 1.54) is 30.4 Å². The van der Waals surface area contributed by atoms with Crippen LogP contribution in [-0.2, 0) is 11.8 Å². The molecule has 0 unspecified atom stereocenters. The van der Waals surface area contributed by atoms with Crippen LogP contribution in [0.2, 0.25) is 0 Å². The summed E-state index contributed by atoms with van der Waals surface area (Å²) in [7, 11) is 0. The van der Waals surface area contributed by atoms with Gasteiger partial charge in [0.2, 0.25) is 0 Å². The summed E-state index contributed by atoms with van der Waals surface area (Å²) in [6.45, 7) is 1.62. The Labute approximate surface area is 131 Å². The minimum absolute atomic E-state index is 0.00452. The van der Waals surface area contributed by atoms with Crippen LogP contribution < -0.4 is 5.32 Å². The molecule has 4 rings (SSSR count). The number of amides is 2. The van der Waals surface area contributed by atoms with Crippen LogP contribution in [0.25, 0.3) is 0 Å². The minimum Gasteiger partial charge on any atom is -0.394 e. The van der Waals surface area contributed by atoms with Gasteiger partial charge in [0.25, 0.3) is 0 Å². The van der Waals surface area contributed by atoms with E-state index in [9.17, 15) is 9.90 Å². The standard InChI is InChI=1S/C18H24N2O2/c21-12-15-5-3-9-20(15)17(22)19-11-14-10-18(14)8-7-13-4-1-2-6-16(13)18/h1-2,4,6,14-15,21H,3,5,7-12H2,(H,19,22)/t14-,15+,18-/m0/s1. The average Bonchev–Trinajstić information content (AvgIpc) is 2.89. The highest BCUT2D eigenvalue weighted by atomic mass is 16.3. The van der Waals surface area contributed by atoms with Crippen molar-refractivity contribution in [1.82, 2.24) is 10.2 Å². The second-order valence-corrected chi connectivity index (χ2v) is 7.07. The van der Waals surface area contributed by atoms with Crippen LogP contribution >= 0.6 is 0 Å². The number of aliphatic hydroxyl groups is 1. The Morgan fingerprint density at radius 1 is 1.41 bits per heavy atom.